The second-order valence-corrected chi connectivity index (χ2v) is 16.1. The number of benzene rings is 5. The number of anilines is 2. The summed E-state index contributed by atoms with van der Waals surface area (Å²) in [5, 5.41) is 24.2. The number of amides is 4. The third-order valence-electron chi connectivity index (χ3n) is 12.6. The van der Waals surface area contributed by atoms with Gasteiger partial charge < -0.3 is 30.8 Å². The summed E-state index contributed by atoms with van der Waals surface area (Å²) in [6.45, 7) is 0. The Balaban J connectivity index is 0.835. The molecule has 4 atom stereocenters. The quantitative estimate of drug-likeness (QED) is 0.102. The third-order valence-corrected chi connectivity index (χ3v) is 12.6. The number of aromatic nitrogens is 4. The average molecular weight is 799 g/mol. The van der Waals surface area contributed by atoms with Crippen molar-refractivity contribution in [3.63, 3.8) is 0 Å². The summed E-state index contributed by atoms with van der Waals surface area (Å²) in [5.74, 6) is -0.344. The van der Waals surface area contributed by atoms with Crippen molar-refractivity contribution in [2.75, 3.05) is 9.80 Å². The molecule has 6 heterocycles. The number of nitrogens with one attached hydrogen (secondary N) is 4. The number of aryl methyl sites for hydroxylation is 2. The Bertz CT molecular complexity index is 2760. The summed E-state index contributed by atoms with van der Waals surface area (Å²) < 4.78 is 0. The predicted molar refractivity (Wildman–Crippen MR) is 224 cm³/mol. The number of carbonyl (C=O) groups excluding carboxylic acids is 2. The van der Waals surface area contributed by atoms with Gasteiger partial charge in [0, 0.05) is 12.8 Å². The topological polar surface area (TPSA) is 197 Å². The largest absolute Gasteiger partial charge is 0.465 e. The number of hydrogen-bond acceptors (Lipinski definition) is 6. The van der Waals surface area contributed by atoms with Gasteiger partial charge in [0.2, 0.25) is 11.8 Å². The van der Waals surface area contributed by atoms with Crippen LogP contribution < -0.4 is 20.4 Å². The zero-order chi connectivity index (χ0) is 40.8. The fourth-order valence-corrected chi connectivity index (χ4v) is 9.89. The van der Waals surface area contributed by atoms with Gasteiger partial charge in [0.05, 0.1) is 45.3 Å². The molecule has 0 spiro atoms. The normalized spacial score (nSPS) is 20.5. The van der Waals surface area contributed by atoms with E-state index in [4.69, 9.17) is 9.97 Å². The number of aromatic amines is 2. The molecule has 0 bridgehead atoms. The van der Waals surface area contributed by atoms with Gasteiger partial charge in [0.25, 0.3) is 0 Å². The lowest BCUT2D eigenvalue weighted by molar-refractivity contribution is -0.121. The summed E-state index contributed by atoms with van der Waals surface area (Å²) in [5.41, 5.74) is 12.7. The molecule has 6 N–H and O–H groups in total. The van der Waals surface area contributed by atoms with E-state index in [1.54, 1.807) is 9.80 Å². The molecule has 11 rings (SSSR count). The molecular weight excluding hydrogens is 761 g/mol. The van der Waals surface area contributed by atoms with Gasteiger partial charge >= 0.3 is 12.2 Å². The number of fused-ring (bicyclic) bond motifs is 2. The monoisotopic (exact) mass is 798 g/mol. The lowest BCUT2D eigenvalue weighted by Gasteiger charge is -2.27. The Morgan fingerprint density at radius 3 is 1.38 bits per heavy atom. The maximum Gasteiger partial charge on any atom is 0.406 e. The molecule has 14 heteroatoms. The number of rotatable bonds is 6. The van der Waals surface area contributed by atoms with Crippen LogP contribution in [0.1, 0.15) is 58.6 Å². The van der Waals surface area contributed by atoms with Crippen LogP contribution in [0.2, 0.25) is 0 Å². The molecule has 4 amide bonds. The van der Waals surface area contributed by atoms with Crippen molar-refractivity contribution >= 4 is 57.4 Å². The Hall–Kier alpha value is -7.48. The van der Waals surface area contributed by atoms with Crippen molar-refractivity contribution < 1.29 is 29.4 Å². The van der Waals surface area contributed by atoms with Crippen LogP contribution in [0.3, 0.4) is 0 Å². The molecule has 0 unspecified atom stereocenters. The fourth-order valence-electron chi connectivity index (χ4n) is 9.89. The molecule has 0 aliphatic carbocycles. The molecule has 298 valence electrons. The van der Waals surface area contributed by atoms with Gasteiger partial charge in [-0.15, -0.1) is 0 Å². The standard InChI is InChI=1S/C46H38N8O6/c55-43-31(15-11-25-3-1-5-29-21-37(51-45(57)58)53(43)39(25)29)41-47-33-17-13-27(19-35(33)49-41)23-7-9-24(10-8-23)28-14-18-34-36(20-28)50-42(48-34)32-16-12-26-4-2-6-30-22-38(52-46(59)60)54(40(26)30)44(32)56/h1-10,13-14,17-20,31-32,37-38,51-52H,11-12,15-16,21-22H2,(H,47,49)(H,48,50)(H,57,58)(H,59,60)/t31-,32-,37-,38-/m0/s1. The van der Waals surface area contributed by atoms with Crippen molar-refractivity contribution in [1.29, 1.82) is 0 Å². The molecule has 14 nitrogen and oxygen atoms in total. The number of H-pyrrole nitrogens is 2. The van der Waals surface area contributed by atoms with Crippen LogP contribution in [-0.4, -0.2) is 66.5 Å². The minimum Gasteiger partial charge on any atom is -0.465 e. The van der Waals surface area contributed by atoms with Crippen molar-refractivity contribution in [3.8, 4) is 22.3 Å². The van der Waals surface area contributed by atoms with E-state index in [0.717, 1.165) is 77.9 Å². The van der Waals surface area contributed by atoms with Gasteiger partial charge in [0.1, 0.15) is 24.0 Å². The SMILES string of the molecule is O=C(O)N[C@@H]1Cc2cccc3c2N1C(=O)[C@H](c1nc2ccc(-c4ccc(-c5ccc6nc([C@@H]7CCc8cccc9c8N(C7=O)[C@H](NC(=O)O)C9)[nH]c6c5)cc4)cc2[nH]1)CC3. The Labute approximate surface area is 342 Å². The van der Waals surface area contributed by atoms with Crippen molar-refractivity contribution in [3.05, 3.63) is 131 Å². The molecule has 0 fully saturated rings. The van der Waals surface area contributed by atoms with Gasteiger partial charge in [-0.2, -0.15) is 0 Å². The van der Waals surface area contributed by atoms with Crippen LogP contribution >= 0.6 is 0 Å². The number of carbonyl (C=O) groups is 4. The maximum absolute atomic E-state index is 14.1. The Kier molecular flexibility index (Phi) is 8.05. The van der Waals surface area contributed by atoms with E-state index in [2.05, 4.69) is 44.9 Å². The highest BCUT2D eigenvalue weighted by Crippen LogP contribution is 2.43. The second kappa shape index (κ2) is 13.5. The first-order valence-electron chi connectivity index (χ1n) is 20.1. The van der Waals surface area contributed by atoms with E-state index in [0.29, 0.717) is 50.2 Å². The van der Waals surface area contributed by atoms with Gasteiger partial charge in [-0.3, -0.25) is 19.4 Å². The highest BCUT2D eigenvalue weighted by atomic mass is 16.4. The van der Waals surface area contributed by atoms with Gasteiger partial charge in [-0.05, 0) is 94.5 Å². The number of hydrogen-bond donors (Lipinski definition) is 6. The Morgan fingerprint density at radius 2 is 0.967 bits per heavy atom. The molecule has 0 saturated carbocycles. The third kappa shape index (κ3) is 5.77. The van der Waals surface area contributed by atoms with Gasteiger partial charge in [-0.25, -0.2) is 19.6 Å². The first-order chi connectivity index (χ1) is 29.2. The summed E-state index contributed by atoms with van der Waals surface area (Å²) in [6.07, 6.45) is -0.413. The first kappa shape index (κ1) is 35.7. The smallest absolute Gasteiger partial charge is 0.406 e. The van der Waals surface area contributed by atoms with E-state index < -0.39 is 36.4 Å². The minimum absolute atomic E-state index is 0.172. The van der Waals surface area contributed by atoms with E-state index in [1.807, 2.05) is 72.8 Å². The molecule has 4 aliphatic rings. The zero-order valence-corrected chi connectivity index (χ0v) is 32.1. The highest BCUT2D eigenvalue weighted by molar-refractivity contribution is 6.03. The lowest BCUT2D eigenvalue weighted by atomic mass is 9.98. The molecule has 4 aliphatic heterocycles. The molecular formula is C46H38N8O6. The van der Waals surface area contributed by atoms with E-state index in [1.165, 1.54) is 0 Å². The van der Waals surface area contributed by atoms with Crippen molar-refractivity contribution in [2.45, 2.75) is 62.7 Å². The van der Waals surface area contributed by atoms with Crippen molar-refractivity contribution in [2.24, 2.45) is 0 Å². The van der Waals surface area contributed by atoms with E-state index in [9.17, 15) is 29.4 Å². The van der Waals surface area contributed by atoms with E-state index >= 15 is 0 Å². The zero-order valence-electron chi connectivity index (χ0n) is 32.1. The second-order valence-electron chi connectivity index (χ2n) is 16.1. The van der Waals surface area contributed by atoms with Gasteiger partial charge in [-0.1, -0.05) is 72.8 Å². The molecule has 0 radical (unpaired) electrons. The maximum atomic E-state index is 14.1. The molecule has 60 heavy (non-hydrogen) atoms. The van der Waals surface area contributed by atoms with Crippen LogP contribution in [0.25, 0.3) is 44.3 Å². The number of nitrogens with zero attached hydrogens (tertiary/aromatic N) is 4. The molecule has 5 aromatic carbocycles. The van der Waals surface area contributed by atoms with Crippen LogP contribution in [-0.2, 0) is 35.3 Å². The Morgan fingerprint density at radius 1 is 0.567 bits per heavy atom. The van der Waals surface area contributed by atoms with Crippen LogP contribution in [0.4, 0.5) is 21.0 Å². The summed E-state index contributed by atoms with van der Waals surface area (Å²) >= 11 is 0. The summed E-state index contributed by atoms with van der Waals surface area (Å²) in [7, 11) is 0. The van der Waals surface area contributed by atoms with Crippen LogP contribution in [0.5, 0.6) is 0 Å². The average Bonchev–Trinajstić information content (AvgIpc) is 3.98. The molecule has 0 saturated heterocycles. The van der Waals surface area contributed by atoms with Gasteiger partial charge in [0.15, 0.2) is 0 Å². The van der Waals surface area contributed by atoms with Crippen LogP contribution in [0.15, 0.2) is 97.1 Å². The summed E-state index contributed by atoms with van der Waals surface area (Å²) in [4.78, 5) is 71.5. The summed E-state index contributed by atoms with van der Waals surface area (Å²) in [6, 6.07) is 32.1. The van der Waals surface area contributed by atoms with E-state index in [-0.39, 0.29) is 11.8 Å². The number of imidazole rings is 2. The van der Waals surface area contributed by atoms with Crippen LogP contribution in [0, 0.1) is 0 Å². The molecule has 2 aromatic heterocycles. The van der Waals surface area contributed by atoms with Crippen molar-refractivity contribution in [1.82, 2.24) is 30.6 Å². The molecule has 7 aromatic rings. The number of carboxylic acid groups (broad SMARTS) is 2. The fraction of sp³-hybridized carbons (Fsp3) is 0.217. The number of para-hydroxylation sites is 2. The minimum atomic E-state index is -1.17. The lowest BCUT2D eigenvalue weighted by Crippen LogP contribution is -2.50. The highest BCUT2D eigenvalue weighted by Gasteiger charge is 2.44. The first-order valence-corrected chi connectivity index (χ1v) is 20.1. The predicted octanol–water partition coefficient (Wildman–Crippen LogP) is 7.20.